The van der Waals surface area contributed by atoms with E-state index in [0.717, 1.165) is 0 Å². The van der Waals surface area contributed by atoms with Crippen LogP contribution in [0.1, 0.15) is 13.3 Å². The second-order valence-corrected chi connectivity index (χ2v) is 4.74. The van der Waals surface area contributed by atoms with Crippen molar-refractivity contribution >= 4 is 22.1 Å². The fourth-order valence-electron chi connectivity index (χ4n) is 0.956. The van der Waals surface area contributed by atoms with Crippen LogP contribution in [-0.2, 0) is 29.2 Å². The molecule has 106 valence electrons. The molecule has 0 spiro atoms. The van der Waals surface area contributed by atoms with Gasteiger partial charge < -0.3 is 19.7 Å². The largest absolute Gasteiger partial charge is 0.481 e. The molecule has 0 aliphatic rings. The third kappa shape index (κ3) is 6.49. The molecule has 0 aromatic heterocycles. The van der Waals surface area contributed by atoms with Crippen LogP contribution < -0.4 is 0 Å². The second kappa shape index (κ2) is 7.26. The summed E-state index contributed by atoms with van der Waals surface area (Å²) < 4.78 is 39.2. The third-order valence-corrected chi connectivity index (χ3v) is 2.79. The van der Waals surface area contributed by atoms with E-state index in [2.05, 4.69) is 9.47 Å². The minimum atomic E-state index is -4.90. The van der Waals surface area contributed by atoms with Crippen LogP contribution in [0, 0.1) is 0 Å². The van der Waals surface area contributed by atoms with Gasteiger partial charge in [-0.15, -0.1) is 0 Å². The van der Waals surface area contributed by atoms with Gasteiger partial charge in [-0.05, 0) is 6.92 Å². The molecule has 18 heavy (non-hydrogen) atoms. The van der Waals surface area contributed by atoms with Crippen molar-refractivity contribution in [2.24, 2.45) is 0 Å². The predicted octanol–water partition coefficient (Wildman–Crippen LogP) is -1.38. The molecule has 0 saturated heterocycles. The molecule has 0 bridgehead atoms. The van der Waals surface area contributed by atoms with Crippen LogP contribution in [0.4, 0.5) is 0 Å². The van der Waals surface area contributed by atoms with Crippen LogP contribution >= 0.6 is 0 Å². The van der Waals surface area contributed by atoms with E-state index in [0.29, 0.717) is 0 Å². The lowest BCUT2D eigenvalue weighted by Gasteiger charge is -2.14. The Bertz CT molecular complexity index is 387. The summed E-state index contributed by atoms with van der Waals surface area (Å²) in [6, 6.07) is 0. The van der Waals surface area contributed by atoms with Gasteiger partial charge in [0.1, 0.15) is 6.61 Å². The van der Waals surface area contributed by atoms with Crippen LogP contribution in [0.2, 0.25) is 0 Å². The van der Waals surface area contributed by atoms with Crippen molar-refractivity contribution in [2.45, 2.75) is 24.9 Å². The van der Waals surface area contributed by atoms with Gasteiger partial charge in [-0.2, -0.15) is 8.42 Å². The molecule has 0 radical (unpaired) electrons. The molecule has 0 aromatic carbocycles. The molecule has 9 nitrogen and oxygen atoms in total. The maximum Gasteiger partial charge on any atom is 0.327 e. The Hall–Kier alpha value is -1.23. The monoisotopic (exact) mass is 286 g/mol. The van der Waals surface area contributed by atoms with Gasteiger partial charge in [0.05, 0.1) is 6.42 Å². The van der Waals surface area contributed by atoms with E-state index >= 15 is 0 Å². The smallest absolute Gasteiger partial charge is 0.327 e. The fourth-order valence-corrected chi connectivity index (χ4v) is 1.62. The summed E-state index contributed by atoms with van der Waals surface area (Å²) in [5, 5.41) is 15.2. The summed E-state index contributed by atoms with van der Waals surface area (Å²) in [6.07, 6.45) is -2.59. The van der Waals surface area contributed by atoms with Gasteiger partial charge in [0.2, 0.25) is 0 Å². The first-order valence-electron chi connectivity index (χ1n) is 4.82. The first kappa shape index (κ1) is 16.8. The summed E-state index contributed by atoms with van der Waals surface area (Å²) in [6.45, 7) is 1.03. The number of aliphatic carboxylic acids is 1. The van der Waals surface area contributed by atoms with Gasteiger partial charge in [0.15, 0.2) is 11.5 Å². The maximum atomic E-state index is 11.2. The average molecular weight is 286 g/mol. The highest BCUT2D eigenvalue weighted by Crippen LogP contribution is 2.07. The Morgan fingerprint density at radius 3 is 2.28 bits per heavy atom. The van der Waals surface area contributed by atoms with Crippen molar-refractivity contribution in [3.8, 4) is 0 Å². The molecule has 2 unspecified atom stereocenters. The van der Waals surface area contributed by atoms with Crippen molar-refractivity contribution in [3.63, 3.8) is 0 Å². The maximum absolute atomic E-state index is 11.2. The number of aliphatic hydroxyl groups excluding tert-OH is 1. The topological polar surface area (TPSA) is 147 Å². The molecule has 0 aliphatic heterocycles. The zero-order valence-corrected chi connectivity index (χ0v) is 10.3. The van der Waals surface area contributed by atoms with Gasteiger partial charge in [-0.1, -0.05) is 0 Å². The molecule has 0 amide bonds. The first-order valence-corrected chi connectivity index (χ1v) is 6.33. The molecule has 10 heteroatoms. The Labute approximate surface area is 103 Å². The number of carbonyl (C=O) groups excluding carboxylic acids is 1. The molecule has 0 aliphatic carbocycles. The Balaban J connectivity index is 4.54. The number of aliphatic hydroxyl groups is 1. The van der Waals surface area contributed by atoms with E-state index in [1.54, 1.807) is 6.92 Å². The minimum absolute atomic E-state index is 0.134. The molecule has 0 saturated carbocycles. The zero-order valence-electron chi connectivity index (χ0n) is 9.48. The van der Waals surface area contributed by atoms with Crippen molar-refractivity contribution in [3.05, 3.63) is 0 Å². The number of esters is 1. The number of hydrogen-bond donors (Lipinski definition) is 3. The van der Waals surface area contributed by atoms with Crippen LogP contribution in [0.25, 0.3) is 0 Å². The van der Waals surface area contributed by atoms with Gasteiger partial charge in [-0.25, -0.2) is 0 Å². The van der Waals surface area contributed by atoms with Crippen molar-refractivity contribution in [1.29, 1.82) is 0 Å². The molecular weight excluding hydrogens is 272 g/mol. The van der Waals surface area contributed by atoms with E-state index in [9.17, 15) is 18.0 Å². The Kier molecular flexibility index (Phi) is 6.76. The highest BCUT2D eigenvalue weighted by atomic mass is 32.2. The van der Waals surface area contributed by atoms with Crippen LogP contribution in [0.5, 0.6) is 0 Å². The van der Waals surface area contributed by atoms with Crippen LogP contribution in [0.15, 0.2) is 0 Å². The summed E-state index contributed by atoms with van der Waals surface area (Å²) in [5.41, 5.74) is 0. The van der Waals surface area contributed by atoms with Crippen molar-refractivity contribution in [1.82, 2.24) is 0 Å². The molecule has 0 fully saturated rings. The van der Waals surface area contributed by atoms with Crippen molar-refractivity contribution in [2.75, 3.05) is 13.2 Å². The normalized spacial score (nSPS) is 14.8. The number of carboxylic acid groups (broad SMARTS) is 1. The summed E-state index contributed by atoms with van der Waals surface area (Å²) in [5.74, 6) is -3.07. The fraction of sp³-hybridized carbons (Fsp3) is 0.750. The Morgan fingerprint density at radius 1 is 1.33 bits per heavy atom. The number of ether oxygens (including phenoxy) is 2. The van der Waals surface area contributed by atoms with E-state index in [-0.39, 0.29) is 6.61 Å². The van der Waals surface area contributed by atoms with Gasteiger partial charge in [-0.3, -0.25) is 14.1 Å². The number of rotatable bonds is 8. The van der Waals surface area contributed by atoms with E-state index in [1.807, 2.05) is 0 Å². The molecule has 3 N–H and O–H groups in total. The molecule has 0 heterocycles. The minimum Gasteiger partial charge on any atom is -0.481 e. The lowest BCUT2D eigenvalue weighted by Crippen LogP contribution is -2.35. The van der Waals surface area contributed by atoms with Gasteiger partial charge in [0, 0.05) is 6.61 Å². The summed E-state index contributed by atoms with van der Waals surface area (Å²) >= 11 is 0. The highest BCUT2D eigenvalue weighted by molar-refractivity contribution is 7.87. The van der Waals surface area contributed by atoms with E-state index in [4.69, 9.17) is 14.8 Å². The van der Waals surface area contributed by atoms with Gasteiger partial charge >= 0.3 is 11.9 Å². The van der Waals surface area contributed by atoms with E-state index in [1.165, 1.54) is 0 Å². The van der Waals surface area contributed by atoms with E-state index < -0.39 is 46.6 Å². The lowest BCUT2D eigenvalue weighted by atomic mass is 10.3. The quantitative estimate of drug-likeness (QED) is 0.279. The zero-order chi connectivity index (χ0) is 14.3. The van der Waals surface area contributed by atoms with Crippen LogP contribution in [0.3, 0.4) is 0 Å². The predicted molar refractivity (Wildman–Crippen MR) is 56.2 cm³/mol. The average Bonchev–Trinajstić information content (AvgIpc) is 2.21. The number of hydrogen-bond acceptors (Lipinski definition) is 7. The third-order valence-electron chi connectivity index (χ3n) is 1.71. The van der Waals surface area contributed by atoms with Gasteiger partial charge in [0.25, 0.3) is 10.1 Å². The molecule has 0 aromatic rings. The SMILES string of the molecule is CCOC(O)COC(=O)C(CC(=O)O)S(=O)(=O)O. The summed E-state index contributed by atoms with van der Waals surface area (Å²) in [4.78, 5) is 21.6. The standard InChI is InChI=1S/C8H14O9S/c1-2-16-7(11)4-17-8(12)5(3-6(9)10)18(13,14)15/h5,7,11H,2-4H2,1H3,(H,9,10)(H,13,14,15). The molecular formula is C8H14O9S. The summed E-state index contributed by atoms with van der Waals surface area (Å²) in [7, 11) is -4.90. The number of carbonyl (C=O) groups is 2. The van der Waals surface area contributed by atoms with Crippen molar-refractivity contribution < 1.29 is 42.2 Å². The van der Waals surface area contributed by atoms with Crippen LogP contribution in [-0.4, -0.2) is 59.9 Å². The number of carboxylic acids is 1. The lowest BCUT2D eigenvalue weighted by molar-refractivity contribution is -0.165. The Morgan fingerprint density at radius 2 is 1.89 bits per heavy atom. The molecule has 0 rings (SSSR count). The second-order valence-electron chi connectivity index (χ2n) is 3.14. The molecule has 2 atom stereocenters. The highest BCUT2D eigenvalue weighted by Gasteiger charge is 2.35. The first-order chi connectivity index (χ1) is 8.18.